The SMILES string of the molecule is CCn1c(C)csc1=NN=C1C(=O)Nc2ccc(F)cc21. The highest BCUT2D eigenvalue weighted by molar-refractivity contribution is 7.07. The molecule has 1 aromatic heterocycles. The number of anilines is 1. The molecule has 0 saturated heterocycles. The lowest BCUT2D eigenvalue weighted by Crippen LogP contribution is -2.17. The van der Waals surface area contributed by atoms with Crippen molar-refractivity contribution in [1.29, 1.82) is 0 Å². The van der Waals surface area contributed by atoms with E-state index in [4.69, 9.17) is 0 Å². The van der Waals surface area contributed by atoms with Gasteiger partial charge in [0.1, 0.15) is 5.82 Å². The number of amides is 1. The van der Waals surface area contributed by atoms with Gasteiger partial charge in [-0.1, -0.05) is 0 Å². The first kappa shape index (κ1) is 13.7. The van der Waals surface area contributed by atoms with Gasteiger partial charge in [0.05, 0.1) is 5.69 Å². The molecule has 1 N–H and O–H groups in total. The average molecular weight is 304 g/mol. The highest BCUT2D eigenvalue weighted by atomic mass is 32.1. The number of nitrogens with one attached hydrogen (secondary N) is 1. The summed E-state index contributed by atoms with van der Waals surface area (Å²) in [6, 6.07) is 4.11. The molecule has 3 rings (SSSR count). The number of aryl methyl sites for hydroxylation is 1. The van der Waals surface area contributed by atoms with Gasteiger partial charge in [-0.05, 0) is 32.0 Å². The Kier molecular flexibility index (Phi) is 3.42. The van der Waals surface area contributed by atoms with Gasteiger partial charge in [0.2, 0.25) is 4.80 Å². The molecule has 1 aliphatic heterocycles. The van der Waals surface area contributed by atoms with E-state index in [1.54, 1.807) is 0 Å². The average Bonchev–Trinajstić information content (AvgIpc) is 2.96. The molecule has 2 aromatic rings. The van der Waals surface area contributed by atoms with Crippen molar-refractivity contribution >= 4 is 28.6 Å². The topological polar surface area (TPSA) is 58.8 Å². The molecule has 0 saturated carbocycles. The third kappa shape index (κ3) is 2.40. The van der Waals surface area contributed by atoms with E-state index in [1.165, 1.54) is 29.5 Å². The fraction of sp³-hybridized carbons (Fsp3) is 0.214. The minimum Gasteiger partial charge on any atom is -0.320 e. The van der Waals surface area contributed by atoms with Crippen molar-refractivity contribution in [3.63, 3.8) is 0 Å². The summed E-state index contributed by atoms with van der Waals surface area (Å²) in [6.07, 6.45) is 0. The molecule has 0 spiro atoms. The van der Waals surface area contributed by atoms with E-state index in [1.807, 2.05) is 23.8 Å². The Hall–Kier alpha value is -2.28. The summed E-state index contributed by atoms with van der Waals surface area (Å²) in [5.41, 5.74) is 2.23. The summed E-state index contributed by atoms with van der Waals surface area (Å²) in [5, 5.41) is 12.8. The second-order valence-electron chi connectivity index (χ2n) is 4.60. The fourth-order valence-corrected chi connectivity index (χ4v) is 3.09. The normalized spacial score (nSPS) is 16.4. The van der Waals surface area contributed by atoms with E-state index in [0.29, 0.717) is 16.1 Å². The number of halogens is 1. The molecule has 0 aliphatic carbocycles. The van der Waals surface area contributed by atoms with Crippen molar-refractivity contribution in [1.82, 2.24) is 4.57 Å². The summed E-state index contributed by atoms with van der Waals surface area (Å²) >= 11 is 1.45. The molecular weight excluding hydrogens is 291 g/mol. The Bertz CT molecular complexity index is 819. The largest absolute Gasteiger partial charge is 0.320 e. The number of fused-ring (bicyclic) bond motifs is 1. The highest BCUT2D eigenvalue weighted by Gasteiger charge is 2.26. The molecule has 1 aliphatic rings. The van der Waals surface area contributed by atoms with Gasteiger partial charge in [0.25, 0.3) is 5.91 Å². The van der Waals surface area contributed by atoms with Crippen molar-refractivity contribution in [3.8, 4) is 0 Å². The predicted octanol–water partition coefficient (Wildman–Crippen LogP) is 2.27. The van der Waals surface area contributed by atoms with Gasteiger partial charge in [-0.3, -0.25) is 4.79 Å². The third-order valence-electron chi connectivity index (χ3n) is 3.24. The molecule has 1 amide bonds. The summed E-state index contributed by atoms with van der Waals surface area (Å²) in [7, 11) is 0. The fourth-order valence-electron chi connectivity index (χ4n) is 2.20. The van der Waals surface area contributed by atoms with Crippen LogP contribution in [0.25, 0.3) is 0 Å². The van der Waals surface area contributed by atoms with Crippen LogP contribution in [-0.2, 0) is 11.3 Å². The second-order valence-corrected chi connectivity index (χ2v) is 5.43. The van der Waals surface area contributed by atoms with Gasteiger partial charge >= 0.3 is 0 Å². The number of nitrogens with zero attached hydrogens (tertiary/aromatic N) is 3. The molecule has 1 aromatic carbocycles. The maximum atomic E-state index is 13.3. The van der Waals surface area contributed by atoms with Crippen molar-refractivity contribution in [2.45, 2.75) is 20.4 Å². The predicted molar refractivity (Wildman–Crippen MR) is 79.8 cm³/mol. The van der Waals surface area contributed by atoms with Crippen molar-refractivity contribution in [3.05, 3.63) is 45.5 Å². The van der Waals surface area contributed by atoms with E-state index in [2.05, 4.69) is 15.5 Å². The molecule has 0 bridgehead atoms. The van der Waals surface area contributed by atoms with Gasteiger partial charge < -0.3 is 9.88 Å². The van der Waals surface area contributed by atoms with Crippen LogP contribution in [0.4, 0.5) is 10.1 Å². The second kappa shape index (κ2) is 5.25. The van der Waals surface area contributed by atoms with Crippen LogP contribution in [0.2, 0.25) is 0 Å². The van der Waals surface area contributed by atoms with Crippen LogP contribution in [0.1, 0.15) is 18.2 Å². The molecule has 21 heavy (non-hydrogen) atoms. The zero-order valence-corrected chi connectivity index (χ0v) is 12.4. The Balaban J connectivity index is 2.09. The number of benzene rings is 1. The van der Waals surface area contributed by atoms with E-state index in [9.17, 15) is 9.18 Å². The lowest BCUT2D eigenvalue weighted by molar-refractivity contribution is -0.110. The summed E-state index contributed by atoms with van der Waals surface area (Å²) in [4.78, 5) is 12.6. The van der Waals surface area contributed by atoms with Gasteiger partial charge in [-0.15, -0.1) is 21.5 Å². The zero-order chi connectivity index (χ0) is 15.0. The molecule has 108 valence electrons. The number of aromatic nitrogens is 1. The van der Waals surface area contributed by atoms with Gasteiger partial charge in [-0.25, -0.2) is 4.39 Å². The van der Waals surface area contributed by atoms with Gasteiger partial charge in [-0.2, -0.15) is 0 Å². The minimum absolute atomic E-state index is 0.137. The molecule has 0 radical (unpaired) electrons. The molecular formula is C14H13FN4OS. The van der Waals surface area contributed by atoms with Crippen LogP contribution in [0, 0.1) is 12.7 Å². The van der Waals surface area contributed by atoms with E-state index < -0.39 is 5.82 Å². The monoisotopic (exact) mass is 304 g/mol. The lowest BCUT2D eigenvalue weighted by Gasteiger charge is -1.98. The van der Waals surface area contributed by atoms with E-state index in [-0.39, 0.29) is 11.6 Å². The van der Waals surface area contributed by atoms with Crippen LogP contribution in [-0.4, -0.2) is 16.2 Å². The molecule has 0 unspecified atom stereocenters. The van der Waals surface area contributed by atoms with Crippen molar-refractivity contribution in [2.75, 3.05) is 5.32 Å². The number of carbonyl (C=O) groups excluding carboxylic acids is 1. The standard InChI is InChI=1S/C14H13FN4OS/c1-3-19-8(2)7-21-14(19)18-17-12-10-6-9(15)4-5-11(10)16-13(12)20/h4-7H,3H2,1-2H3,(H,16,17,20). The molecule has 0 atom stereocenters. The number of thiazole rings is 1. The Morgan fingerprint density at radius 2 is 2.19 bits per heavy atom. The Morgan fingerprint density at radius 1 is 1.38 bits per heavy atom. The first-order chi connectivity index (χ1) is 10.1. The van der Waals surface area contributed by atoms with E-state index in [0.717, 1.165) is 12.2 Å². The van der Waals surface area contributed by atoms with Gasteiger partial charge in [0.15, 0.2) is 5.71 Å². The van der Waals surface area contributed by atoms with Crippen LogP contribution in [0.15, 0.2) is 33.8 Å². The van der Waals surface area contributed by atoms with Crippen LogP contribution >= 0.6 is 11.3 Å². The van der Waals surface area contributed by atoms with E-state index >= 15 is 0 Å². The smallest absolute Gasteiger partial charge is 0.276 e. The molecule has 5 nitrogen and oxygen atoms in total. The van der Waals surface area contributed by atoms with Crippen LogP contribution < -0.4 is 10.1 Å². The molecule has 2 heterocycles. The van der Waals surface area contributed by atoms with Gasteiger partial charge in [0, 0.05) is 23.2 Å². The maximum Gasteiger partial charge on any atom is 0.276 e. The molecule has 7 heteroatoms. The Labute approximate surface area is 124 Å². The minimum atomic E-state index is -0.409. The van der Waals surface area contributed by atoms with Crippen LogP contribution in [0.3, 0.4) is 0 Å². The molecule has 0 fully saturated rings. The lowest BCUT2D eigenvalue weighted by atomic mass is 10.1. The number of rotatable bonds is 2. The first-order valence-corrected chi connectivity index (χ1v) is 7.36. The highest BCUT2D eigenvalue weighted by Crippen LogP contribution is 2.24. The summed E-state index contributed by atoms with van der Waals surface area (Å²) < 4.78 is 15.3. The Morgan fingerprint density at radius 3 is 2.95 bits per heavy atom. The van der Waals surface area contributed by atoms with Crippen molar-refractivity contribution in [2.24, 2.45) is 10.2 Å². The summed E-state index contributed by atoms with van der Waals surface area (Å²) in [5.74, 6) is -0.774. The third-order valence-corrected chi connectivity index (χ3v) is 4.22. The van der Waals surface area contributed by atoms with Crippen LogP contribution in [0.5, 0.6) is 0 Å². The first-order valence-electron chi connectivity index (χ1n) is 6.48. The number of hydrogen-bond acceptors (Lipinski definition) is 4. The summed E-state index contributed by atoms with van der Waals surface area (Å²) in [6.45, 7) is 4.77. The maximum absolute atomic E-state index is 13.3. The quantitative estimate of drug-likeness (QED) is 0.850. The van der Waals surface area contributed by atoms with Crippen molar-refractivity contribution < 1.29 is 9.18 Å². The zero-order valence-electron chi connectivity index (χ0n) is 11.6. The number of hydrogen-bond donors (Lipinski definition) is 1. The number of carbonyl (C=O) groups is 1.